The first kappa shape index (κ1) is 33.2. The average molecular weight is 580 g/mol. The molecule has 0 aromatic rings. The summed E-state index contributed by atoms with van der Waals surface area (Å²) in [5.74, 6) is 0.445. The molecular weight excluding hydrogens is 526 g/mol. The van der Waals surface area contributed by atoms with Crippen LogP contribution < -0.4 is 11.0 Å². The van der Waals surface area contributed by atoms with Crippen LogP contribution in [0.2, 0.25) is 0 Å². The molecule has 0 bridgehead atoms. The van der Waals surface area contributed by atoms with E-state index in [1.54, 1.807) is 0 Å². The predicted molar refractivity (Wildman–Crippen MR) is 172 cm³/mol. The molecule has 2 heterocycles. The lowest BCUT2D eigenvalue weighted by atomic mass is 9.80. The van der Waals surface area contributed by atoms with E-state index in [-0.39, 0.29) is 11.8 Å². The van der Waals surface area contributed by atoms with Gasteiger partial charge in [-0.25, -0.2) is 4.99 Å². The standard InChI is InChI=1S/C34H53N5O3/c1-9-12-27(10-2)30(39-20-18-29(21-39)26(7)34(40)41)16-15-25(6)32-31(38(8)37-36-32)22-42-33(23(3)4)35-19-17-24(5)28-13-11-14-28/h12,15-17,19,26,28-29,36-37H,9-11,13-14,18,20-22H2,1-8H3,(H,40,41)/b24-17+,25-15+,27-12+,30-16+,35-19-. The zero-order valence-electron chi connectivity index (χ0n) is 27.1. The lowest BCUT2D eigenvalue weighted by Crippen LogP contribution is -2.35. The minimum absolute atomic E-state index is 0.154. The second kappa shape index (κ2) is 15.8. The van der Waals surface area contributed by atoms with Crippen molar-refractivity contribution < 1.29 is 14.6 Å². The van der Waals surface area contributed by atoms with Crippen LogP contribution in [0.5, 0.6) is 0 Å². The van der Waals surface area contributed by atoms with Crippen LogP contribution in [-0.2, 0) is 9.53 Å². The normalized spacial score (nSPS) is 21.7. The number of nitrogens with zero attached hydrogens (tertiary/aromatic N) is 3. The van der Waals surface area contributed by atoms with Gasteiger partial charge in [-0.2, -0.15) is 0 Å². The van der Waals surface area contributed by atoms with Crippen molar-refractivity contribution in [1.29, 1.82) is 0 Å². The van der Waals surface area contributed by atoms with Crippen molar-refractivity contribution in [2.45, 2.75) is 87.0 Å². The molecule has 3 rings (SSSR count). The Morgan fingerprint density at radius 2 is 1.88 bits per heavy atom. The number of carbonyl (C=O) groups is 1. The summed E-state index contributed by atoms with van der Waals surface area (Å²) in [4.78, 5) is 18.6. The third-order valence-electron chi connectivity index (χ3n) is 8.80. The molecule has 0 amide bonds. The van der Waals surface area contributed by atoms with Crippen molar-refractivity contribution in [2.75, 3.05) is 26.7 Å². The van der Waals surface area contributed by atoms with Crippen molar-refractivity contribution in [1.82, 2.24) is 20.9 Å². The largest absolute Gasteiger partial charge is 0.481 e. The Balaban J connectivity index is 1.81. The fourth-order valence-electron chi connectivity index (χ4n) is 5.61. The van der Waals surface area contributed by atoms with Crippen LogP contribution >= 0.6 is 0 Å². The van der Waals surface area contributed by atoms with Gasteiger partial charge in [0.2, 0.25) is 5.88 Å². The monoisotopic (exact) mass is 579 g/mol. The second-order valence-electron chi connectivity index (χ2n) is 12.0. The number of likely N-dealkylation sites (tertiary alicyclic amines) is 1. The number of hydrogen-bond acceptors (Lipinski definition) is 7. The minimum atomic E-state index is -0.712. The molecule has 1 saturated carbocycles. The number of ether oxygens (including phenoxy) is 1. The van der Waals surface area contributed by atoms with Crippen molar-refractivity contribution >= 4 is 12.2 Å². The van der Waals surface area contributed by atoms with E-state index in [1.165, 1.54) is 36.1 Å². The van der Waals surface area contributed by atoms with Gasteiger partial charge in [-0.3, -0.25) is 9.80 Å². The first-order chi connectivity index (χ1) is 20.1. The van der Waals surface area contributed by atoms with Crippen molar-refractivity contribution in [3.8, 4) is 0 Å². The summed E-state index contributed by atoms with van der Waals surface area (Å²) < 4.78 is 6.23. The van der Waals surface area contributed by atoms with Crippen LogP contribution in [0.4, 0.5) is 0 Å². The quantitative estimate of drug-likeness (QED) is 0.118. The third-order valence-corrected chi connectivity index (χ3v) is 8.80. The molecule has 1 saturated heterocycles. The number of aliphatic imine (C=N–C) groups is 1. The van der Waals surface area contributed by atoms with E-state index in [0.717, 1.165) is 54.9 Å². The third kappa shape index (κ3) is 8.63. The zero-order chi connectivity index (χ0) is 30.8. The minimum Gasteiger partial charge on any atom is -0.481 e. The Bertz CT molecular complexity index is 1180. The van der Waals surface area contributed by atoms with Gasteiger partial charge >= 0.3 is 5.97 Å². The highest BCUT2D eigenvalue weighted by Gasteiger charge is 2.32. The molecule has 0 aromatic carbocycles. The number of hydrazine groups is 2. The van der Waals surface area contributed by atoms with E-state index >= 15 is 0 Å². The Labute approximate surface area is 253 Å². The summed E-state index contributed by atoms with van der Waals surface area (Å²) in [5, 5.41) is 11.5. The summed E-state index contributed by atoms with van der Waals surface area (Å²) in [6.07, 6.45) is 17.3. The summed E-state index contributed by atoms with van der Waals surface area (Å²) in [6.45, 7) is 16.5. The molecule has 8 heteroatoms. The average Bonchev–Trinajstić information content (AvgIpc) is 3.55. The van der Waals surface area contributed by atoms with Gasteiger partial charge in [0, 0.05) is 32.0 Å². The van der Waals surface area contributed by atoms with E-state index in [2.05, 4.69) is 72.9 Å². The fourth-order valence-corrected chi connectivity index (χ4v) is 5.61. The maximum Gasteiger partial charge on any atom is 0.306 e. The molecular formula is C34H53N5O3. The summed E-state index contributed by atoms with van der Waals surface area (Å²) in [7, 11) is 1.97. The summed E-state index contributed by atoms with van der Waals surface area (Å²) in [5.41, 5.74) is 14.4. The maximum absolute atomic E-state index is 11.6. The molecule has 0 radical (unpaired) electrons. The molecule has 0 aromatic heterocycles. The van der Waals surface area contributed by atoms with E-state index in [1.807, 2.05) is 39.0 Å². The lowest BCUT2D eigenvalue weighted by molar-refractivity contribution is -0.142. The van der Waals surface area contributed by atoms with E-state index < -0.39 is 5.97 Å². The Hall–Kier alpha value is -3.26. The van der Waals surface area contributed by atoms with E-state index in [4.69, 9.17) is 4.74 Å². The van der Waals surface area contributed by atoms with Gasteiger partial charge < -0.3 is 20.2 Å². The number of carboxylic acids is 1. The van der Waals surface area contributed by atoms with Crippen LogP contribution in [0.25, 0.3) is 0 Å². The number of aliphatic carboxylic acids is 1. The number of hydrogen-bond donors (Lipinski definition) is 3. The van der Waals surface area contributed by atoms with Crippen LogP contribution in [0, 0.1) is 17.8 Å². The molecule has 2 fully saturated rings. The highest BCUT2D eigenvalue weighted by Crippen LogP contribution is 2.33. The van der Waals surface area contributed by atoms with E-state index in [0.29, 0.717) is 18.4 Å². The van der Waals surface area contributed by atoms with Crippen molar-refractivity contribution in [3.63, 3.8) is 0 Å². The molecule has 2 atom stereocenters. The number of nitrogens with one attached hydrogen (secondary N) is 2. The molecule has 8 nitrogen and oxygen atoms in total. The fraction of sp³-hybridized carbons (Fsp3) is 0.588. The Kier molecular flexibility index (Phi) is 12.5. The smallest absolute Gasteiger partial charge is 0.306 e. The lowest BCUT2D eigenvalue weighted by Gasteiger charge is -2.25. The first-order valence-corrected chi connectivity index (χ1v) is 15.6. The van der Waals surface area contributed by atoms with Crippen LogP contribution in [0.3, 0.4) is 0 Å². The Morgan fingerprint density at radius 1 is 1.14 bits per heavy atom. The van der Waals surface area contributed by atoms with Gasteiger partial charge in [0.1, 0.15) is 6.61 Å². The van der Waals surface area contributed by atoms with Crippen molar-refractivity contribution in [2.24, 2.45) is 22.7 Å². The van der Waals surface area contributed by atoms with E-state index in [9.17, 15) is 9.90 Å². The molecule has 3 N–H and O–H groups in total. The van der Waals surface area contributed by atoms with Gasteiger partial charge in [0.05, 0.1) is 17.3 Å². The molecule has 0 spiro atoms. The number of rotatable bonds is 14. The first-order valence-electron chi connectivity index (χ1n) is 15.6. The van der Waals surface area contributed by atoms with Crippen LogP contribution in [0.15, 0.2) is 74.6 Å². The van der Waals surface area contributed by atoms with Gasteiger partial charge in [-0.05, 0) is 101 Å². The molecule has 2 aliphatic heterocycles. The zero-order valence-corrected chi connectivity index (χ0v) is 27.1. The molecule has 1 aliphatic carbocycles. The van der Waals surface area contributed by atoms with Crippen molar-refractivity contribution in [3.05, 3.63) is 69.6 Å². The molecule has 42 heavy (non-hydrogen) atoms. The van der Waals surface area contributed by atoms with Crippen LogP contribution in [-0.4, -0.2) is 53.9 Å². The highest BCUT2D eigenvalue weighted by molar-refractivity contribution is 5.73. The van der Waals surface area contributed by atoms with Gasteiger partial charge in [0.25, 0.3) is 0 Å². The molecule has 232 valence electrons. The number of carboxylic acid groups (broad SMARTS) is 1. The van der Waals surface area contributed by atoms with Gasteiger partial charge in [-0.1, -0.05) is 44.9 Å². The Morgan fingerprint density at radius 3 is 2.48 bits per heavy atom. The number of allylic oxidation sites excluding steroid dienone is 8. The summed E-state index contributed by atoms with van der Waals surface area (Å²) in [6, 6.07) is 0. The summed E-state index contributed by atoms with van der Waals surface area (Å²) >= 11 is 0. The van der Waals surface area contributed by atoms with Gasteiger partial charge in [0.15, 0.2) is 0 Å². The highest BCUT2D eigenvalue weighted by atomic mass is 16.5. The maximum atomic E-state index is 11.6. The second-order valence-corrected chi connectivity index (χ2v) is 12.0. The molecule has 3 aliphatic rings. The van der Waals surface area contributed by atoms with Gasteiger partial charge in [-0.15, -0.1) is 5.53 Å². The topological polar surface area (TPSA) is 89.4 Å². The number of likely N-dealkylation sites (N-methyl/N-ethyl adjacent to an activating group) is 1. The predicted octanol–water partition coefficient (Wildman–Crippen LogP) is 6.86. The molecule has 2 unspecified atom stereocenters. The van der Waals surface area contributed by atoms with Crippen LogP contribution in [0.1, 0.15) is 87.0 Å². The SMILES string of the molecule is CC/C=C(CC)/C(=C\C=C(/C)C1=C(COC(/N=C\C=C(/C)C2CCC2)=C(C)C)N(C)NN1)N1CCC(C(C)C(=O)O)C1.